The van der Waals surface area contributed by atoms with E-state index in [-0.39, 0.29) is 101 Å². The van der Waals surface area contributed by atoms with E-state index < -0.39 is 0 Å². The van der Waals surface area contributed by atoms with E-state index in [1.165, 1.54) is 51.5 Å². The molecule has 0 radical (unpaired) electrons. The van der Waals surface area contributed by atoms with Crippen LogP contribution in [0.4, 0.5) is 33.5 Å². The lowest BCUT2D eigenvalue weighted by Crippen LogP contribution is -2.41. The lowest BCUT2D eigenvalue weighted by molar-refractivity contribution is -0.129. The van der Waals surface area contributed by atoms with Gasteiger partial charge in [-0.25, -0.2) is 98.7 Å². The third kappa shape index (κ3) is 16.0. The average Bonchev–Trinajstić information content (AvgIpc) is 1.61. The maximum absolute atomic E-state index is 14.1. The Morgan fingerprint density at radius 2 is 0.833 bits per heavy atom. The number of nitrogens with zero attached hydrogens (tertiary/aromatic N) is 21. The molecule has 1 unspecified atom stereocenters. The Labute approximate surface area is 715 Å². The number of rotatable bonds is 14. The van der Waals surface area contributed by atoms with Crippen molar-refractivity contribution in [3.8, 4) is 0 Å². The lowest BCUT2D eigenvalue weighted by Gasteiger charge is -2.27. The Hall–Kier alpha value is -16.6. The summed E-state index contributed by atoms with van der Waals surface area (Å²) in [5.74, 6) is 0.547. The number of nitrogens with two attached hydrogens (primary N) is 5. The van der Waals surface area contributed by atoms with Gasteiger partial charge in [-0.05, 0) is 126 Å². The molecule has 10 aromatic carbocycles. The fourth-order valence-electron chi connectivity index (χ4n) is 14.9. The Morgan fingerprint density at radius 3 is 1.32 bits per heavy atom. The SMILES string of the molecule is CC(c1ccccc1)n1nc2c(N)nc3ccccc3n2c1=O.Cc1cccc(F)c1Cn1nc2c(N)nc3ccccc3n2c1=O.Nc1nc2ccc(COC=O)cc2n2c(=O)n(Cc3ccccc3)nc12.Nc1nc2ccc(Cl)cc2n2c(=O)n(Cc3ccccc3)nc12.Nc1nc2ccccc2n2c(=O)n(Cc3ccccc3C(=O)N3CCOCC3)nc12. The van der Waals surface area contributed by atoms with Gasteiger partial charge in [-0.2, -0.15) is 0 Å². The van der Waals surface area contributed by atoms with Gasteiger partial charge in [0.15, 0.2) is 29.1 Å². The summed E-state index contributed by atoms with van der Waals surface area (Å²) in [5, 5.41) is 22.3. The standard InChI is InChI=1S/C21H20N6O3.C18H15N5O3.C17H14FN5O.C17H15N5O.C16H12ClN5O/c22-18-19-24-26(21(29)27(19)17-8-4-3-7-16(17)23-18)13-14-5-1-2-6-15(14)20(28)25-9-11-30-12-10-25;19-16-17-21-22(9-12-4-2-1-3-5-12)18(25)23(17)15-8-13(10-26-11-24)6-7-14(15)20-16;1-10-5-4-6-12(18)11(10)9-22-17(24)23-14-8-3-2-7-13(14)20-15(19)16(23)21-22;1-11(12-7-3-2-4-8-12)22-17(23)21-14-10-6-5-9-13(14)19-15(18)16(21)20-22;17-11-6-7-12-13(8-11)22-15(14(18)19-12)20-21(16(22)23)9-10-4-2-1-3-5-10/h1-8H,9-13H2,(H2,22,23);1-8,11H,9-10H2,(H2,19,20);2-8H,9H2,1H3,(H2,19,20);2-11H,1H3,(H2,18,19);1-8H,9H2,(H2,18,19). The van der Waals surface area contributed by atoms with E-state index in [0.717, 1.165) is 33.4 Å². The molecule has 126 heavy (non-hydrogen) atoms. The van der Waals surface area contributed by atoms with Crippen LogP contribution in [-0.4, -0.2) is 139 Å². The molecular weight excluding hydrogens is 1630 g/mol. The van der Waals surface area contributed by atoms with Gasteiger partial charge in [-0.1, -0.05) is 175 Å². The number of benzene rings is 10. The number of fused-ring (bicyclic) bond motifs is 15. The number of hydrogen-bond donors (Lipinski definition) is 5. The summed E-state index contributed by atoms with van der Waals surface area (Å²) in [6.45, 7) is 7.26. The van der Waals surface area contributed by atoms with Crippen LogP contribution in [0.25, 0.3) is 83.4 Å². The number of ether oxygens (including phenoxy) is 2. The molecule has 21 rings (SSSR count). The van der Waals surface area contributed by atoms with Crippen molar-refractivity contribution in [1.29, 1.82) is 0 Å². The maximum atomic E-state index is 14.1. The van der Waals surface area contributed by atoms with Crippen LogP contribution in [0.2, 0.25) is 5.02 Å². The number of morpholine rings is 1. The number of hydrogen-bond acceptors (Lipinski definition) is 24. The van der Waals surface area contributed by atoms with Crippen LogP contribution in [0.5, 0.6) is 0 Å². The van der Waals surface area contributed by atoms with Gasteiger partial charge in [0.25, 0.3) is 12.4 Å². The second-order valence-corrected chi connectivity index (χ2v) is 29.7. The van der Waals surface area contributed by atoms with E-state index >= 15 is 0 Å². The third-order valence-electron chi connectivity index (χ3n) is 21.2. The molecule has 10 aromatic heterocycles. The molecule has 1 saturated heterocycles. The molecule has 37 heteroatoms. The quantitative estimate of drug-likeness (QED) is 0.0633. The molecule has 0 spiro atoms. The third-order valence-corrected chi connectivity index (χ3v) is 21.4. The molecule has 630 valence electrons. The highest BCUT2D eigenvalue weighted by molar-refractivity contribution is 6.31. The van der Waals surface area contributed by atoms with Crippen LogP contribution in [0, 0.1) is 12.7 Å². The van der Waals surface area contributed by atoms with Crippen molar-refractivity contribution in [3.05, 3.63) is 350 Å². The van der Waals surface area contributed by atoms with Crippen molar-refractivity contribution in [2.24, 2.45) is 0 Å². The van der Waals surface area contributed by atoms with Gasteiger partial charge in [0.05, 0.1) is 101 Å². The topological polar surface area (TPSA) is 447 Å². The monoisotopic (exact) mass is 1710 g/mol. The van der Waals surface area contributed by atoms with E-state index in [2.05, 4.69) is 50.4 Å². The number of anilines is 5. The fraction of sp³-hybridized carbons (Fsp3) is 0.135. The molecule has 1 amide bonds. The van der Waals surface area contributed by atoms with Crippen molar-refractivity contribution in [1.82, 2.24) is 101 Å². The van der Waals surface area contributed by atoms with Crippen molar-refractivity contribution < 1.29 is 23.5 Å². The number of para-hydroxylation sites is 6. The summed E-state index contributed by atoms with van der Waals surface area (Å²) in [4.78, 5) is 111. The van der Waals surface area contributed by atoms with E-state index in [0.29, 0.717) is 140 Å². The smallest absolute Gasteiger partial charge is 0.351 e. The largest absolute Gasteiger partial charge is 0.463 e. The maximum Gasteiger partial charge on any atom is 0.351 e. The number of carbonyl (C=O) groups is 2. The normalized spacial score (nSPS) is 12.3. The zero-order chi connectivity index (χ0) is 87.6. The first kappa shape index (κ1) is 81.7. The Morgan fingerprint density at radius 1 is 0.437 bits per heavy atom. The summed E-state index contributed by atoms with van der Waals surface area (Å²) in [7, 11) is 0. The minimum Gasteiger partial charge on any atom is -0.463 e. The van der Waals surface area contributed by atoms with Crippen LogP contribution < -0.4 is 57.1 Å². The summed E-state index contributed by atoms with van der Waals surface area (Å²) < 4.78 is 38.2. The number of halogens is 2. The van der Waals surface area contributed by atoms with Gasteiger partial charge in [0.1, 0.15) is 12.4 Å². The summed E-state index contributed by atoms with van der Waals surface area (Å²) >= 11 is 6.05. The molecule has 0 bridgehead atoms. The number of carbonyl (C=O) groups excluding carboxylic acids is 2. The minimum atomic E-state index is -0.377. The number of aryl methyl sites for hydroxylation is 1. The fourth-order valence-corrected chi connectivity index (χ4v) is 15.1. The highest BCUT2D eigenvalue weighted by atomic mass is 35.5. The minimum absolute atomic E-state index is 0.0345. The summed E-state index contributed by atoms with van der Waals surface area (Å²) in [6.07, 6.45) is 0. The number of nitrogen functional groups attached to an aromatic ring is 5. The van der Waals surface area contributed by atoms with E-state index in [1.54, 1.807) is 90.7 Å². The van der Waals surface area contributed by atoms with Crippen LogP contribution in [-0.2, 0) is 47.1 Å². The van der Waals surface area contributed by atoms with Gasteiger partial charge in [-0.15, -0.1) is 25.5 Å². The lowest BCUT2D eigenvalue weighted by atomic mass is 10.1. The molecule has 35 nitrogen and oxygen atoms in total. The van der Waals surface area contributed by atoms with Crippen LogP contribution in [0.15, 0.2) is 267 Å². The van der Waals surface area contributed by atoms with Crippen LogP contribution in [0.1, 0.15) is 62.3 Å². The Bertz CT molecular complexity index is 7920. The molecule has 0 aliphatic carbocycles. The second-order valence-electron chi connectivity index (χ2n) is 29.3. The van der Waals surface area contributed by atoms with Gasteiger partial charge in [-0.3, -0.25) is 9.59 Å². The number of amides is 1. The van der Waals surface area contributed by atoms with Crippen LogP contribution in [0.3, 0.4) is 0 Å². The average molecular weight is 1710 g/mol. The molecule has 0 saturated carbocycles. The predicted molar refractivity (Wildman–Crippen MR) is 476 cm³/mol. The highest BCUT2D eigenvalue weighted by Crippen LogP contribution is 2.27. The summed E-state index contributed by atoms with van der Waals surface area (Å²) in [5.41, 5.74) is 42.3. The molecule has 10 N–H and O–H groups in total. The van der Waals surface area contributed by atoms with Crippen molar-refractivity contribution in [3.63, 3.8) is 0 Å². The van der Waals surface area contributed by atoms with Gasteiger partial charge >= 0.3 is 28.4 Å². The molecule has 11 heterocycles. The molecule has 20 aromatic rings. The first-order valence-corrected chi connectivity index (χ1v) is 39.9. The van der Waals surface area contributed by atoms with E-state index in [4.69, 9.17) is 49.7 Å². The Kier molecular flexibility index (Phi) is 22.6. The Balaban J connectivity index is 0.000000112. The molecule has 1 aliphatic rings. The zero-order valence-electron chi connectivity index (χ0n) is 67.3. The van der Waals surface area contributed by atoms with Gasteiger partial charge < -0.3 is 43.0 Å². The van der Waals surface area contributed by atoms with Crippen molar-refractivity contribution in [2.45, 2.75) is 52.7 Å². The van der Waals surface area contributed by atoms with Gasteiger partial charge in [0.2, 0.25) is 28.2 Å². The van der Waals surface area contributed by atoms with E-state index in [9.17, 15) is 38.0 Å². The van der Waals surface area contributed by atoms with Crippen LogP contribution >= 0.6 is 11.6 Å². The van der Waals surface area contributed by atoms with Gasteiger partial charge in [0, 0.05) is 29.2 Å². The molecule has 1 aliphatic heterocycles. The molecular formula is C89H76ClFN26O9. The number of aromatic nitrogens is 20. The first-order valence-electron chi connectivity index (χ1n) is 39.5. The predicted octanol–water partition coefficient (Wildman–Crippen LogP) is 9.18. The summed E-state index contributed by atoms with van der Waals surface area (Å²) in [6, 6.07) is 73.1. The highest BCUT2D eigenvalue weighted by Gasteiger charge is 2.26. The second kappa shape index (κ2) is 34.8. The molecule has 1 fully saturated rings. The first-order chi connectivity index (χ1) is 61.2. The zero-order valence-corrected chi connectivity index (χ0v) is 68.1. The van der Waals surface area contributed by atoms with Crippen molar-refractivity contribution >= 4 is 136 Å². The van der Waals surface area contributed by atoms with Crippen molar-refractivity contribution in [2.75, 3.05) is 55.0 Å². The molecule has 1 atom stereocenters. The van der Waals surface area contributed by atoms with E-state index in [1.807, 2.05) is 165 Å².